The van der Waals surface area contributed by atoms with E-state index in [9.17, 15) is 19.7 Å². The maximum Gasteiger partial charge on any atom is 0.340 e. The Morgan fingerprint density at radius 2 is 1.93 bits per heavy atom. The SMILES string of the molecule is CCCCNc1ccccc1C(=O)OCC(=O)c1ccc(C)c([N+](=O)[O-])c1. The van der Waals surface area contributed by atoms with Crippen LogP contribution in [-0.2, 0) is 4.74 Å². The van der Waals surface area contributed by atoms with Gasteiger partial charge in [0.2, 0.25) is 5.78 Å². The van der Waals surface area contributed by atoms with E-state index in [-0.39, 0.29) is 11.3 Å². The van der Waals surface area contributed by atoms with Gasteiger partial charge in [0.05, 0.1) is 10.5 Å². The van der Waals surface area contributed by atoms with E-state index >= 15 is 0 Å². The van der Waals surface area contributed by atoms with E-state index in [2.05, 4.69) is 12.2 Å². The van der Waals surface area contributed by atoms with Gasteiger partial charge in [-0.3, -0.25) is 14.9 Å². The number of carbonyl (C=O) groups excluding carboxylic acids is 2. The van der Waals surface area contributed by atoms with E-state index in [1.54, 1.807) is 25.1 Å². The highest BCUT2D eigenvalue weighted by Crippen LogP contribution is 2.20. The second kappa shape index (κ2) is 9.47. The van der Waals surface area contributed by atoms with Gasteiger partial charge in [-0.15, -0.1) is 0 Å². The number of esters is 1. The molecule has 2 aromatic carbocycles. The van der Waals surface area contributed by atoms with Crippen molar-refractivity contribution in [2.45, 2.75) is 26.7 Å². The number of hydrogen-bond acceptors (Lipinski definition) is 6. The summed E-state index contributed by atoms with van der Waals surface area (Å²) in [5, 5.41) is 14.2. The van der Waals surface area contributed by atoms with Crippen LogP contribution in [0, 0.1) is 17.0 Å². The monoisotopic (exact) mass is 370 g/mol. The number of Topliss-reactive ketones (excluding diaryl/α,β-unsaturated/α-hetero) is 1. The predicted octanol–water partition coefficient (Wildman–Crippen LogP) is 4.15. The van der Waals surface area contributed by atoms with E-state index < -0.39 is 23.3 Å². The van der Waals surface area contributed by atoms with Crippen molar-refractivity contribution in [3.05, 3.63) is 69.3 Å². The molecule has 0 aliphatic rings. The molecule has 0 aromatic heterocycles. The van der Waals surface area contributed by atoms with Crippen LogP contribution < -0.4 is 5.32 Å². The van der Waals surface area contributed by atoms with Crippen molar-refractivity contribution in [1.29, 1.82) is 0 Å². The summed E-state index contributed by atoms with van der Waals surface area (Å²) < 4.78 is 5.12. The van der Waals surface area contributed by atoms with Crippen LogP contribution in [0.5, 0.6) is 0 Å². The van der Waals surface area contributed by atoms with Crippen molar-refractivity contribution in [1.82, 2.24) is 0 Å². The molecule has 0 saturated carbocycles. The van der Waals surface area contributed by atoms with Gasteiger partial charge < -0.3 is 10.1 Å². The first-order chi connectivity index (χ1) is 12.9. The van der Waals surface area contributed by atoms with Gasteiger partial charge in [-0.1, -0.05) is 37.6 Å². The fourth-order valence-corrected chi connectivity index (χ4v) is 2.49. The van der Waals surface area contributed by atoms with Crippen LogP contribution >= 0.6 is 0 Å². The summed E-state index contributed by atoms with van der Waals surface area (Å²) in [6, 6.07) is 11.1. The van der Waals surface area contributed by atoms with Gasteiger partial charge in [0.1, 0.15) is 0 Å². The lowest BCUT2D eigenvalue weighted by Crippen LogP contribution is -2.16. The molecular weight excluding hydrogens is 348 g/mol. The molecule has 0 heterocycles. The average Bonchev–Trinajstić information content (AvgIpc) is 2.66. The van der Waals surface area contributed by atoms with Crippen LogP contribution in [0.4, 0.5) is 11.4 Å². The van der Waals surface area contributed by atoms with Crippen molar-refractivity contribution in [3.63, 3.8) is 0 Å². The zero-order valence-electron chi connectivity index (χ0n) is 15.4. The third kappa shape index (κ3) is 5.37. The Kier molecular flexibility index (Phi) is 7.05. The molecule has 7 nitrogen and oxygen atoms in total. The quantitative estimate of drug-likeness (QED) is 0.234. The largest absolute Gasteiger partial charge is 0.454 e. The first-order valence-electron chi connectivity index (χ1n) is 8.72. The Morgan fingerprint density at radius 1 is 1.19 bits per heavy atom. The van der Waals surface area contributed by atoms with Crippen molar-refractivity contribution in [2.75, 3.05) is 18.5 Å². The number of ketones is 1. The number of nitrogens with zero attached hydrogens (tertiary/aromatic N) is 1. The minimum absolute atomic E-state index is 0.134. The second-order valence-electron chi connectivity index (χ2n) is 6.08. The number of ether oxygens (including phenoxy) is 1. The summed E-state index contributed by atoms with van der Waals surface area (Å²) in [6.45, 7) is 3.91. The molecule has 2 aromatic rings. The van der Waals surface area contributed by atoms with Crippen LogP contribution in [0.2, 0.25) is 0 Å². The number of nitro groups is 1. The van der Waals surface area contributed by atoms with Crippen LogP contribution in [0.15, 0.2) is 42.5 Å². The number of nitro benzene ring substituents is 1. The summed E-state index contributed by atoms with van der Waals surface area (Å²) in [6.07, 6.45) is 1.99. The Hall–Kier alpha value is -3.22. The van der Waals surface area contributed by atoms with Gasteiger partial charge in [0, 0.05) is 29.4 Å². The number of hydrogen-bond donors (Lipinski definition) is 1. The molecule has 0 unspecified atom stereocenters. The number of benzene rings is 2. The molecule has 0 aliphatic carbocycles. The van der Waals surface area contributed by atoms with E-state index in [0.29, 0.717) is 16.8 Å². The van der Waals surface area contributed by atoms with E-state index in [1.165, 1.54) is 18.2 Å². The first-order valence-corrected chi connectivity index (χ1v) is 8.72. The molecule has 0 atom stereocenters. The minimum atomic E-state index is -0.621. The molecule has 2 rings (SSSR count). The molecule has 142 valence electrons. The van der Waals surface area contributed by atoms with Gasteiger partial charge in [0.25, 0.3) is 5.69 Å². The fraction of sp³-hybridized carbons (Fsp3) is 0.300. The third-order valence-corrected chi connectivity index (χ3v) is 4.05. The van der Waals surface area contributed by atoms with E-state index in [0.717, 1.165) is 19.4 Å². The van der Waals surface area contributed by atoms with Crippen LogP contribution in [0.1, 0.15) is 46.0 Å². The third-order valence-electron chi connectivity index (χ3n) is 4.05. The highest BCUT2D eigenvalue weighted by atomic mass is 16.6. The number of nitrogens with one attached hydrogen (secondary N) is 1. The maximum atomic E-state index is 12.3. The standard InChI is InChI=1S/C20H22N2O5/c1-3-4-11-21-17-8-6-5-7-16(17)20(24)27-13-19(23)15-10-9-14(2)18(12-15)22(25)26/h5-10,12,21H,3-4,11,13H2,1-2H3. The van der Waals surface area contributed by atoms with Gasteiger partial charge >= 0.3 is 5.97 Å². The molecule has 27 heavy (non-hydrogen) atoms. The van der Waals surface area contributed by atoms with Crippen molar-refractivity contribution in [3.8, 4) is 0 Å². The van der Waals surface area contributed by atoms with Crippen LogP contribution in [-0.4, -0.2) is 29.8 Å². The van der Waals surface area contributed by atoms with Crippen LogP contribution in [0.3, 0.4) is 0 Å². The summed E-state index contributed by atoms with van der Waals surface area (Å²) >= 11 is 0. The smallest absolute Gasteiger partial charge is 0.340 e. The molecule has 0 saturated heterocycles. The van der Waals surface area contributed by atoms with Gasteiger partial charge in [0.15, 0.2) is 6.61 Å². The first kappa shape index (κ1) is 20.1. The Balaban J connectivity index is 2.04. The van der Waals surface area contributed by atoms with Crippen molar-refractivity contribution in [2.24, 2.45) is 0 Å². The molecule has 0 radical (unpaired) electrons. The minimum Gasteiger partial charge on any atom is -0.454 e. The zero-order chi connectivity index (χ0) is 19.8. The Labute approximate surface area is 157 Å². The van der Waals surface area contributed by atoms with E-state index in [4.69, 9.17) is 4.74 Å². The molecule has 7 heteroatoms. The lowest BCUT2D eigenvalue weighted by molar-refractivity contribution is -0.385. The number of aryl methyl sites for hydroxylation is 1. The number of rotatable bonds is 9. The number of para-hydroxylation sites is 1. The molecule has 0 bridgehead atoms. The number of anilines is 1. The normalized spacial score (nSPS) is 10.3. The topological polar surface area (TPSA) is 98.5 Å². The predicted molar refractivity (Wildman–Crippen MR) is 102 cm³/mol. The molecule has 0 aliphatic heterocycles. The fourth-order valence-electron chi connectivity index (χ4n) is 2.49. The molecular formula is C20H22N2O5. The van der Waals surface area contributed by atoms with Crippen molar-refractivity contribution >= 4 is 23.1 Å². The summed E-state index contributed by atoms with van der Waals surface area (Å²) in [5.41, 5.74) is 1.44. The molecule has 0 amide bonds. The zero-order valence-corrected chi connectivity index (χ0v) is 15.4. The number of carbonyl (C=O) groups is 2. The molecule has 0 fully saturated rings. The van der Waals surface area contributed by atoms with Crippen LogP contribution in [0.25, 0.3) is 0 Å². The Bertz CT molecular complexity index is 848. The number of unbranched alkanes of at least 4 members (excludes halogenated alkanes) is 1. The molecule has 1 N–H and O–H groups in total. The lowest BCUT2D eigenvalue weighted by Gasteiger charge is -2.11. The van der Waals surface area contributed by atoms with E-state index in [1.807, 2.05) is 6.07 Å². The average molecular weight is 370 g/mol. The molecule has 0 spiro atoms. The summed E-state index contributed by atoms with van der Waals surface area (Å²) in [7, 11) is 0. The Morgan fingerprint density at radius 3 is 2.63 bits per heavy atom. The summed E-state index contributed by atoms with van der Waals surface area (Å²) in [5.74, 6) is -1.12. The lowest BCUT2D eigenvalue weighted by atomic mass is 10.1. The van der Waals surface area contributed by atoms with Gasteiger partial charge in [-0.05, 0) is 25.5 Å². The van der Waals surface area contributed by atoms with Gasteiger partial charge in [-0.2, -0.15) is 0 Å². The second-order valence-corrected chi connectivity index (χ2v) is 6.08. The highest BCUT2D eigenvalue weighted by molar-refractivity contribution is 6.01. The highest BCUT2D eigenvalue weighted by Gasteiger charge is 2.18. The maximum absolute atomic E-state index is 12.3. The summed E-state index contributed by atoms with van der Waals surface area (Å²) in [4.78, 5) is 35.0. The van der Waals surface area contributed by atoms with Gasteiger partial charge in [-0.25, -0.2) is 4.79 Å². The van der Waals surface area contributed by atoms with Crippen molar-refractivity contribution < 1.29 is 19.2 Å².